The third-order valence-electron chi connectivity index (χ3n) is 4.73. The second kappa shape index (κ2) is 6.74. The second-order valence-corrected chi connectivity index (χ2v) is 6.40. The van der Waals surface area contributed by atoms with Crippen LogP contribution >= 0.6 is 0 Å². The smallest absolute Gasteiger partial charge is 0.167 e. The molecule has 0 bridgehead atoms. The molecule has 2 aromatic heterocycles. The van der Waals surface area contributed by atoms with Gasteiger partial charge in [0, 0.05) is 18.4 Å². The number of imidazole rings is 1. The Bertz CT molecular complexity index is 946. The summed E-state index contributed by atoms with van der Waals surface area (Å²) in [5.74, 6) is 0.565. The molecule has 0 radical (unpaired) electrons. The predicted octanol–water partition coefficient (Wildman–Crippen LogP) is -0.212. The van der Waals surface area contributed by atoms with Gasteiger partial charge in [-0.2, -0.15) is 0 Å². The lowest BCUT2D eigenvalue weighted by Crippen LogP contribution is -2.33. The van der Waals surface area contributed by atoms with Crippen LogP contribution in [0.4, 0.5) is 17.2 Å². The van der Waals surface area contributed by atoms with Crippen molar-refractivity contribution in [1.29, 1.82) is 0 Å². The van der Waals surface area contributed by atoms with Crippen molar-refractivity contribution >= 4 is 28.4 Å². The van der Waals surface area contributed by atoms with Crippen LogP contribution in [-0.2, 0) is 4.74 Å². The number of hydrogen-bond donors (Lipinski definition) is 4. The van der Waals surface area contributed by atoms with Crippen molar-refractivity contribution in [2.45, 2.75) is 24.5 Å². The van der Waals surface area contributed by atoms with E-state index in [2.05, 4.69) is 15.0 Å². The molecule has 0 saturated carbocycles. The Morgan fingerprint density at radius 1 is 1.15 bits per heavy atom. The van der Waals surface area contributed by atoms with Gasteiger partial charge in [-0.25, -0.2) is 15.0 Å². The first-order valence-electron chi connectivity index (χ1n) is 8.40. The summed E-state index contributed by atoms with van der Waals surface area (Å²) in [7, 11) is 1.85. The molecule has 1 aliphatic rings. The van der Waals surface area contributed by atoms with Crippen LogP contribution in [-0.4, -0.2) is 66.8 Å². The van der Waals surface area contributed by atoms with Crippen molar-refractivity contribution in [3.05, 3.63) is 36.9 Å². The van der Waals surface area contributed by atoms with Crippen LogP contribution in [0.2, 0.25) is 0 Å². The number of aliphatic hydroxyl groups is 3. The number of benzene rings is 1. The standard InChI is InChI=1S/C17H20N6O4/c1-22(10-4-2-9(18)3-5-10)15-12-16(20-7-19-15)23(8-21-12)17-14(26)13(25)11(6-24)27-17/h2-5,7-8,11,13-14,17,24-26H,6,18H2,1H3/t11-,13-,14-,17-/m1/s1. The fourth-order valence-electron chi connectivity index (χ4n) is 3.20. The molecule has 10 nitrogen and oxygen atoms in total. The number of nitrogens with two attached hydrogens (primary N) is 1. The van der Waals surface area contributed by atoms with E-state index in [0.29, 0.717) is 22.7 Å². The molecule has 4 atom stereocenters. The van der Waals surface area contributed by atoms with E-state index in [-0.39, 0.29) is 0 Å². The molecule has 0 spiro atoms. The summed E-state index contributed by atoms with van der Waals surface area (Å²) in [6.45, 7) is -0.401. The number of nitrogen functional groups attached to an aromatic ring is 1. The van der Waals surface area contributed by atoms with E-state index in [0.717, 1.165) is 5.69 Å². The van der Waals surface area contributed by atoms with Crippen LogP contribution in [0, 0.1) is 0 Å². The van der Waals surface area contributed by atoms with E-state index in [1.54, 1.807) is 12.1 Å². The molecule has 3 heterocycles. The van der Waals surface area contributed by atoms with Gasteiger partial charge in [-0.05, 0) is 24.3 Å². The molecule has 1 saturated heterocycles. The zero-order chi connectivity index (χ0) is 19.1. The molecule has 0 aliphatic carbocycles. The van der Waals surface area contributed by atoms with E-state index in [1.807, 2.05) is 24.1 Å². The van der Waals surface area contributed by atoms with Crippen molar-refractivity contribution in [2.24, 2.45) is 0 Å². The monoisotopic (exact) mass is 372 g/mol. The lowest BCUT2D eigenvalue weighted by Gasteiger charge is -2.19. The van der Waals surface area contributed by atoms with Crippen LogP contribution in [0.1, 0.15) is 6.23 Å². The Labute approximate surface area is 154 Å². The molecule has 27 heavy (non-hydrogen) atoms. The highest BCUT2D eigenvalue weighted by molar-refractivity contribution is 5.86. The maximum Gasteiger partial charge on any atom is 0.167 e. The van der Waals surface area contributed by atoms with Gasteiger partial charge >= 0.3 is 0 Å². The molecule has 142 valence electrons. The number of anilines is 3. The van der Waals surface area contributed by atoms with Gasteiger partial charge in [0.1, 0.15) is 24.6 Å². The second-order valence-electron chi connectivity index (χ2n) is 6.40. The summed E-state index contributed by atoms with van der Waals surface area (Å²) < 4.78 is 7.10. The minimum atomic E-state index is -1.22. The first kappa shape index (κ1) is 17.6. The van der Waals surface area contributed by atoms with E-state index in [4.69, 9.17) is 10.5 Å². The van der Waals surface area contributed by atoms with Gasteiger partial charge in [0.05, 0.1) is 12.9 Å². The minimum absolute atomic E-state index is 0.401. The van der Waals surface area contributed by atoms with Crippen LogP contribution in [0.15, 0.2) is 36.9 Å². The molecular weight excluding hydrogens is 352 g/mol. The number of fused-ring (bicyclic) bond motifs is 1. The third-order valence-corrected chi connectivity index (χ3v) is 4.73. The quantitative estimate of drug-likeness (QED) is 0.457. The Hall–Kier alpha value is -2.79. The van der Waals surface area contributed by atoms with Crippen molar-refractivity contribution in [3.8, 4) is 0 Å². The Balaban J connectivity index is 1.73. The molecule has 1 aliphatic heterocycles. The van der Waals surface area contributed by atoms with Gasteiger partial charge in [-0.3, -0.25) is 4.57 Å². The Kier molecular flexibility index (Phi) is 4.40. The minimum Gasteiger partial charge on any atom is -0.399 e. The van der Waals surface area contributed by atoms with Gasteiger partial charge in [0.25, 0.3) is 0 Å². The Morgan fingerprint density at radius 3 is 2.56 bits per heavy atom. The molecule has 1 aromatic carbocycles. The average molecular weight is 372 g/mol. The fraction of sp³-hybridized carbons (Fsp3) is 0.353. The van der Waals surface area contributed by atoms with Crippen LogP contribution < -0.4 is 10.6 Å². The van der Waals surface area contributed by atoms with Gasteiger partial charge < -0.3 is 30.7 Å². The van der Waals surface area contributed by atoms with Gasteiger partial charge in [0.2, 0.25) is 0 Å². The van der Waals surface area contributed by atoms with Crippen LogP contribution in [0.3, 0.4) is 0 Å². The highest BCUT2D eigenvalue weighted by atomic mass is 16.6. The first-order valence-corrected chi connectivity index (χ1v) is 8.40. The first-order chi connectivity index (χ1) is 13.0. The number of rotatable bonds is 4. The number of hydrogen-bond acceptors (Lipinski definition) is 9. The van der Waals surface area contributed by atoms with Crippen LogP contribution in [0.25, 0.3) is 11.2 Å². The summed E-state index contributed by atoms with van der Waals surface area (Å²) in [5, 5.41) is 29.5. The maximum atomic E-state index is 10.3. The van der Waals surface area contributed by atoms with Crippen molar-refractivity contribution in [3.63, 3.8) is 0 Å². The number of aliphatic hydroxyl groups excluding tert-OH is 3. The summed E-state index contributed by atoms with van der Waals surface area (Å²) >= 11 is 0. The summed E-state index contributed by atoms with van der Waals surface area (Å²) in [4.78, 5) is 14.8. The lowest BCUT2D eigenvalue weighted by molar-refractivity contribution is -0.0511. The molecular formula is C17H20N6O4. The van der Waals surface area contributed by atoms with E-state index >= 15 is 0 Å². The van der Waals surface area contributed by atoms with E-state index in [9.17, 15) is 15.3 Å². The predicted molar refractivity (Wildman–Crippen MR) is 97.2 cm³/mol. The summed E-state index contributed by atoms with van der Waals surface area (Å²) in [6, 6.07) is 7.32. The van der Waals surface area contributed by atoms with Crippen molar-refractivity contribution in [2.75, 3.05) is 24.3 Å². The summed E-state index contributed by atoms with van der Waals surface area (Å²) in [6.07, 6.45) is -1.33. The molecule has 10 heteroatoms. The molecule has 1 fully saturated rings. The maximum absolute atomic E-state index is 10.3. The number of aromatic nitrogens is 4. The lowest BCUT2D eigenvalue weighted by atomic mass is 10.1. The van der Waals surface area contributed by atoms with Gasteiger partial charge in [0.15, 0.2) is 23.2 Å². The zero-order valence-electron chi connectivity index (χ0n) is 14.5. The Morgan fingerprint density at radius 2 is 1.89 bits per heavy atom. The number of nitrogens with zero attached hydrogens (tertiary/aromatic N) is 5. The molecule has 3 aromatic rings. The third kappa shape index (κ3) is 2.88. The average Bonchev–Trinajstić information content (AvgIpc) is 3.23. The molecule has 4 rings (SSSR count). The normalized spacial score (nSPS) is 25.2. The highest BCUT2D eigenvalue weighted by Crippen LogP contribution is 2.33. The summed E-state index contributed by atoms with van der Waals surface area (Å²) in [5.41, 5.74) is 8.22. The molecule has 0 amide bonds. The molecule has 0 unspecified atom stereocenters. The molecule has 5 N–H and O–H groups in total. The van der Waals surface area contributed by atoms with Crippen molar-refractivity contribution < 1.29 is 20.1 Å². The SMILES string of the molecule is CN(c1ccc(N)cc1)c1ncnc2c1ncn2[C@@H]1O[C@H](CO)[C@@H](O)[C@H]1O. The van der Waals surface area contributed by atoms with E-state index in [1.165, 1.54) is 17.2 Å². The number of ether oxygens (including phenoxy) is 1. The van der Waals surface area contributed by atoms with E-state index < -0.39 is 31.1 Å². The highest BCUT2D eigenvalue weighted by Gasteiger charge is 2.44. The van der Waals surface area contributed by atoms with Crippen LogP contribution in [0.5, 0.6) is 0 Å². The fourth-order valence-corrected chi connectivity index (χ4v) is 3.20. The van der Waals surface area contributed by atoms with Gasteiger partial charge in [-0.15, -0.1) is 0 Å². The van der Waals surface area contributed by atoms with Crippen molar-refractivity contribution in [1.82, 2.24) is 19.5 Å². The van der Waals surface area contributed by atoms with Gasteiger partial charge in [-0.1, -0.05) is 0 Å². The largest absolute Gasteiger partial charge is 0.399 e. The zero-order valence-corrected chi connectivity index (χ0v) is 14.5. The topological polar surface area (TPSA) is 143 Å².